The summed E-state index contributed by atoms with van der Waals surface area (Å²) in [5.74, 6) is -0.970. The Morgan fingerprint density at radius 1 is 1.10 bits per heavy atom. The van der Waals surface area contributed by atoms with E-state index in [1.807, 2.05) is 41.1 Å². The highest BCUT2D eigenvalue weighted by molar-refractivity contribution is 9.10. The van der Waals surface area contributed by atoms with Crippen molar-refractivity contribution in [2.45, 2.75) is 6.54 Å². The molecule has 1 N–H and O–H groups in total. The number of imide groups is 1. The fourth-order valence-electron chi connectivity index (χ4n) is 4.07. The monoisotopic (exact) mass is 627 g/mol. The molecule has 1 aliphatic rings. The molecule has 0 aliphatic carbocycles. The second-order valence-electron chi connectivity index (χ2n) is 8.54. The number of hydrogen-bond donors (Lipinski definition) is 1. The van der Waals surface area contributed by atoms with Gasteiger partial charge in [-0.3, -0.25) is 19.3 Å². The maximum atomic E-state index is 13.1. The average Bonchev–Trinajstić information content (AvgIpc) is 3.37. The molecular formula is C28H20BrClFN3O4S. The zero-order valence-electron chi connectivity index (χ0n) is 20.2. The third kappa shape index (κ3) is 6.19. The summed E-state index contributed by atoms with van der Waals surface area (Å²) in [5, 5.41) is 3.43. The van der Waals surface area contributed by atoms with Gasteiger partial charge < -0.3 is 14.6 Å². The Morgan fingerprint density at radius 2 is 1.87 bits per heavy atom. The van der Waals surface area contributed by atoms with Gasteiger partial charge in [0.1, 0.15) is 24.7 Å². The van der Waals surface area contributed by atoms with Gasteiger partial charge in [0.25, 0.3) is 11.1 Å². The lowest BCUT2D eigenvalue weighted by Crippen LogP contribution is -2.36. The van der Waals surface area contributed by atoms with Gasteiger partial charge >= 0.3 is 0 Å². The van der Waals surface area contributed by atoms with Crippen LogP contribution in [0.2, 0.25) is 5.02 Å². The van der Waals surface area contributed by atoms with E-state index in [0.29, 0.717) is 29.6 Å². The highest BCUT2D eigenvalue weighted by Crippen LogP contribution is 2.35. The zero-order valence-corrected chi connectivity index (χ0v) is 23.4. The Morgan fingerprint density at radius 3 is 2.64 bits per heavy atom. The molecule has 0 spiro atoms. The Labute approximate surface area is 240 Å². The van der Waals surface area contributed by atoms with Crippen molar-refractivity contribution >= 4 is 79.0 Å². The van der Waals surface area contributed by atoms with Crippen molar-refractivity contribution < 1.29 is 23.5 Å². The Bertz CT molecular complexity index is 1620. The first kappa shape index (κ1) is 27.0. The number of carbonyl (C=O) groups excluding carboxylic acids is 3. The minimum Gasteiger partial charge on any atom is -0.490 e. The van der Waals surface area contributed by atoms with Crippen LogP contribution >= 0.6 is 39.3 Å². The van der Waals surface area contributed by atoms with Gasteiger partial charge in [0.2, 0.25) is 5.91 Å². The predicted molar refractivity (Wildman–Crippen MR) is 154 cm³/mol. The molecular weight excluding hydrogens is 609 g/mol. The van der Waals surface area contributed by atoms with Gasteiger partial charge in [0.05, 0.1) is 16.5 Å². The van der Waals surface area contributed by atoms with E-state index in [-0.39, 0.29) is 4.91 Å². The van der Waals surface area contributed by atoms with Crippen LogP contribution < -0.4 is 10.1 Å². The van der Waals surface area contributed by atoms with Crippen molar-refractivity contribution in [3.05, 3.63) is 98.7 Å². The van der Waals surface area contributed by atoms with Crippen LogP contribution in [0.5, 0.6) is 5.75 Å². The van der Waals surface area contributed by atoms with Crippen molar-refractivity contribution in [2.75, 3.05) is 18.5 Å². The Kier molecular flexibility index (Phi) is 8.06. The third-order valence-electron chi connectivity index (χ3n) is 5.89. The van der Waals surface area contributed by atoms with Gasteiger partial charge in [0.15, 0.2) is 0 Å². The number of benzene rings is 3. The van der Waals surface area contributed by atoms with Crippen LogP contribution in [-0.2, 0) is 16.1 Å². The fourth-order valence-corrected chi connectivity index (χ4v) is 5.45. The van der Waals surface area contributed by atoms with Gasteiger partial charge in [-0.15, -0.1) is 0 Å². The molecule has 2 heterocycles. The normalized spacial score (nSPS) is 14.4. The Hall–Kier alpha value is -3.60. The van der Waals surface area contributed by atoms with Gasteiger partial charge in [-0.1, -0.05) is 39.7 Å². The quantitative estimate of drug-likeness (QED) is 0.214. The highest BCUT2D eigenvalue weighted by Gasteiger charge is 2.36. The molecule has 0 bridgehead atoms. The summed E-state index contributed by atoms with van der Waals surface area (Å²) in [6, 6.07) is 18.3. The summed E-state index contributed by atoms with van der Waals surface area (Å²) in [6.45, 7) is 0.428. The summed E-state index contributed by atoms with van der Waals surface area (Å²) < 4.78 is 21.8. The number of thioether (sulfide) groups is 1. The van der Waals surface area contributed by atoms with Crippen LogP contribution in [0.4, 0.5) is 14.9 Å². The lowest BCUT2D eigenvalue weighted by Gasteiger charge is -2.12. The van der Waals surface area contributed by atoms with E-state index in [4.69, 9.17) is 16.3 Å². The first-order valence-electron chi connectivity index (χ1n) is 11.7. The number of nitrogens with one attached hydrogen (secondary N) is 1. The maximum absolute atomic E-state index is 13.1. The van der Waals surface area contributed by atoms with Crippen LogP contribution in [0.1, 0.15) is 5.56 Å². The van der Waals surface area contributed by atoms with Crippen LogP contribution in [0.15, 0.2) is 82.3 Å². The number of anilines is 1. The molecule has 5 rings (SSSR count). The van der Waals surface area contributed by atoms with Crippen molar-refractivity contribution in [3.8, 4) is 5.75 Å². The molecule has 0 radical (unpaired) electrons. The van der Waals surface area contributed by atoms with E-state index in [0.717, 1.165) is 37.6 Å². The molecule has 3 aromatic carbocycles. The highest BCUT2D eigenvalue weighted by atomic mass is 79.9. The topological polar surface area (TPSA) is 80.6 Å². The largest absolute Gasteiger partial charge is 0.490 e. The van der Waals surface area contributed by atoms with Crippen molar-refractivity contribution in [3.63, 3.8) is 0 Å². The number of ether oxygens (including phenoxy) is 1. The number of carbonyl (C=O) groups is 3. The second-order valence-corrected chi connectivity index (χ2v) is 10.9. The number of fused-ring (bicyclic) bond motifs is 1. The molecule has 4 aromatic rings. The molecule has 198 valence electrons. The lowest BCUT2D eigenvalue weighted by atomic mass is 10.1. The summed E-state index contributed by atoms with van der Waals surface area (Å²) in [4.78, 5) is 39.2. The summed E-state index contributed by atoms with van der Waals surface area (Å²) in [6.07, 6.45) is 3.55. The lowest BCUT2D eigenvalue weighted by molar-refractivity contribution is -0.127. The number of halogens is 3. The molecule has 1 aromatic heterocycles. The van der Waals surface area contributed by atoms with E-state index in [9.17, 15) is 18.8 Å². The average molecular weight is 629 g/mol. The van der Waals surface area contributed by atoms with E-state index < -0.39 is 29.4 Å². The Balaban J connectivity index is 1.33. The molecule has 39 heavy (non-hydrogen) atoms. The number of amides is 3. The number of nitrogens with zero attached hydrogens (tertiary/aromatic N) is 2. The van der Waals surface area contributed by atoms with Crippen molar-refractivity contribution in [2.24, 2.45) is 0 Å². The van der Waals surface area contributed by atoms with Crippen LogP contribution in [-0.4, -0.2) is 39.7 Å². The minimum atomic E-state index is -0.566. The van der Waals surface area contributed by atoms with Crippen LogP contribution in [0.25, 0.3) is 17.0 Å². The summed E-state index contributed by atoms with van der Waals surface area (Å²) >= 11 is 10.5. The third-order valence-corrected chi connectivity index (χ3v) is 7.60. The molecule has 0 unspecified atom stereocenters. The smallest absolute Gasteiger partial charge is 0.294 e. The van der Waals surface area contributed by atoms with Gasteiger partial charge in [-0.25, -0.2) is 4.39 Å². The number of hydrogen-bond acceptors (Lipinski definition) is 5. The number of rotatable bonds is 8. The number of aromatic nitrogens is 1. The van der Waals surface area contributed by atoms with Crippen LogP contribution in [0, 0.1) is 5.82 Å². The van der Waals surface area contributed by atoms with Gasteiger partial charge in [-0.2, -0.15) is 0 Å². The number of para-hydroxylation sites is 1. The first-order chi connectivity index (χ1) is 18.8. The first-order valence-corrected chi connectivity index (χ1v) is 13.7. The minimum absolute atomic E-state index is 0.209. The second kappa shape index (κ2) is 11.6. The van der Waals surface area contributed by atoms with Crippen molar-refractivity contribution in [1.82, 2.24) is 9.47 Å². The fraction of sp³-hybridized carbons (Fsp3) is 0.107. The SMILES string of the molecule is O=C(CN1C(=O)S/C(=C\c2cn(CCOc3ccccc3Cl)c3ccc(Br)cc23)C1=O)Nc1ccc(F)cc1. The molecule has 1 fully saturated rings. The van der Waals surface area contributed by atoms with Gasteiger partial charge in [-0.05, 0) is 72.4 Å². The van der Waals surface area contributed by atoms with E-state index >= 15 is 0 Å². The van der Waals surface area contributed by atoms with Gasteiger partial charge in [0, 0.05) is 32.8 Å². The summed E-state index contributed by atoms with van der Waals surface area (Å²) in [5.41, 5.74) is 2.02. The molecule has 1 aliphatic heterocycles. The molecule has 0 saturated carbocycles. The van der Waals surface area contributed by atoms with Crippen molar-refractivity contribution in [1.29, 1.82) is 0 Å². The zero-order chi connectivity index (χ0) is 27.5. The summed E-state index contributed by atoms with van der Waals surface area (Å²) in [7, 11) is 0. The van der Waals surface area contributed by atoms with E-state index in [1.165, 1.54) is 24.3 Å². The van der Waals surface area contributed by atoms with E-state index in [2.05, 4.69) is 21.2 Å². The predicted octanol–water partition coefficient (Wildman–Crippen LogP) is 6.95. The standard InChI is InChI=1S/C28H20BrClFN3O4S/c29-18-5-10-23-21(14-18)17(15-33(23)11-12-38-24-4-2-1-3-22(24)30)13-25-27(36)34(28(37)39-25)16-26(35)32-20-8-6-19(31)7-9-20/h1-10,13-15H,11-12,16H2,(H,32,35)/b25-13-. The van der Waals surface area contributed by atoms with Crippen LogP contribution in [0.3, 0.4) is 0 Å². The molecule has 1 saturated heterocycles. The van der Waals surface area contributed by atoms with E-state index in [1.54, 1.807) is 18.2 Å². The molecule has 3 amide bonds. The molecule has 11 heteroatoms. The maximum Gasteiger partial charge on any atom is 0.294 e. The molecule has 0 atom stereocenters. The molecule has 7 nitrogen and oxygen atoms in total.